The molecule has 0 aromatic heterocycles. The molecule has 3 rings (SSSR count). The number of nitrogens with zero attached hydrogens (tertiary/aromatic N) is 4. The predicted octanol–water partition coefficient (Wildman–Crippen LogP) is 2.64. The van der Waals surface area contributed by atoms with Crippen LogP contribution in [0.15, 0.2) is 24.3 Å². The summed E-state index contributed by atoms with van der Waals surface area (Å²) in [6.07, 6.45) is 3.42. The number of piperidine rings is 2. The fraction of sp³-hybridized carbons (Fsp3) is 0.636. The van der Waals surface area contributed by atoms with Gasteiger partial charge in [0.05, 0.1) is 0 Å². The van der Waals surface area contributed by atoms with Crippen molar-refractivity contribution >= 4 is 11.9 Å². The third-order valence-corrected chi connectivity index (χ3v) is 6.23. The highest BCUT2D eigenvalue weighted by Gasteiger charge is 2.33. The van der Waals surface area contributed by atoms with Gasteiger partial charge in [0.15, 0.2) is 0 Å². The number of amides is 3. The number of urea groups is 1. The number of rotatable bonds is 4. The zero-order chi connectivity index (χ0) is 21.0. The second kappa shape index (κ2) is 9.57. The molecule has 29 heavy (non-hydrogen) atoms. The van der Waals surface area contributed by atoms with Crippen LogP contribution in [-0.2, 0) is 11.3 Å². The van der Waals surface area contributed by atoms with Gasteiger partial charge in [0, 0.05) is 64.8 Å². The van der Waals surface area contributed by atoms with Crippen molar-refractivity contribution in [3.05, 3.63) is 35.6 Å². The van der Waals surface area contributed by atoms with Gasteiger partial charge in [-0.2, -0.15) is 0 Å². The van der Waals surface area contributed by atoms with Gasteiger partial charge >= 0.3 is 6.03 Å². The van der Waals surface area contributed by atoms with Gasteiger partial charge in [0.1, 0.15) is 5.82 Å². The molecule has 1 aromatic rings. The molecule has 0 bridgehead atoms. The van der Waals surface area contributed by atoms with E-state index >= 15 is 0 Å². The van der Waals surface area contributed by atoms with Gasteiger partial charge < -0.3 is 14.7 Å². The molecule has 2 aliphatic heterocycles. The van der Waals surface area contributed by atoms with Crippen LogP contribution in [0.1, 0.15) is 31.2 Å². The molecule has 0 unspecified atom stereocenters. The Morgan fingerprint density at radius 2 is 1.76 bits per heavy atom. The van der Waals surface area contributed by atoms with Crippen LogP contribution in [0.4, 0.5) is 9.18 Å². The number of carbonyl (C=O) groups excluding carboxylic acids is 2. The molecule has 2 fully saturated rings. The molecule has 0 saturated carbocycles. The Morgan fingerprint density at radius 3 is 2.41 bits per heavy atom. The minimum atomic E-state index is -0.168. The lowest BCUT2D eigenvalue weighted by molar-refractivity contribution is -0.138. The summed E-state index contributed by atoms with van der Waals surface area (Å²) in [6, 6.07) is 7.07. The fourth-order valence-electron chi connectivity index (χ4n) is 4.43. The van der Waals surface area contributed by atoms with Crippen LogP contribution in [0, 0.1) is 11.7 Å². The maximum absolute atomic E-state index is 14.0. The summed E-state index contributed by atoms with van der Waals surface area (Å²) in [7, 11) is 5.41. The number of hydrogen-bond donors (Lipinski definition) is 0. The highest BCUT2D eigenvalue weighted by molar-refractivity contribution is 5.80. The molecule has 7 heteroatoms. The Morgan fingerprint density at radius 1 is 1.07 bits per heavy atom. The van der Waals surface area contributed by atoms with Crippen molar-refractivity contribution in [2.45, 2.75) is 38.3 Å². The first kappa shape index (κ1) is 21.6. The number of likely N-dealkylation sites (tertiary alicyclic amines) is 2. The third-order valence-electron chi connectivity index (χ3n) is 6.23. The molecule has 3 amide bonds. The topological polar surface area (TPSA) is 47.1 Å². The minimum Gasteiger partial charge on any atom is -0.341 e. The summed E-state index contributed by atoms with van der Waals surface area (Å²) < 4.78 is 14.0. The lowest BCUT2D eigenvalue weighted by Gasteiger charge is -2.40. The SMILES string of the molecule is CN(C)C(=O)N1CCC(C(=O)N(C)[C@@H]2CCCN(Cc3ccccc3F)C2)CC1. The van der Waals surface area contributed by atoms with E-state index in [9.17, 15) is 14.0 Å². The lowest BCUT2D eigenvalue weighted by Crippen LogP contribution is -2.51. The zero-order valence-corrected chi connectivity index (χ0v) is 17.8. The Hall–Kier alpha value is -2.15. The van der Waals surface area contributed by atoms with E-state index in [2.05, 4.69) is 4.90 Å². The van der Waals surface area contributed by atoms with Crippen molar-refractivity contribution in [3.8, 4) is 0 Å². The van der Waals surface area contributed by atoms with Crippen molar-refractivity contribution in [1.82, 2.24) is 19.6 Å². The van der Waals surface area contributed by atoms with Crippen LogP contribution in [0.3, 0.4) is 0 Å². The fourth-order valence-corrected chi connectivity index (χ4v) is 4.43. The van der Waals surface area contributed by atoms with E-state index in [0.717, 1.165) is 25.9 Å². The molecule has 0 radical (unpaired) electrons. The molecule has 160 valence electrons. The molecular formula is C22H33FN4O2. The highest BCUT2D eigenvalue weighted by Crippen LogP contribution is 2.24. The van der Waals surface area contributed by atoms with E-state index in [1.807, 2.05) is 29.0 Å². The average molecular weight is 405 g/mol. The number of halogens is 1. The zero-order valence-electron chi connectivity index (χ0n) is 17.8. The first-order valence-corrected chi connectivity index (χ1v) is 10.6. The van der Waals surface area contributed by atoms with Crippen LogP contribution >= 0.6 is 0 Å². The highest BCUT2D eigenvalue weighted by atomic mass is 19.1. The van der Waals surface area contributed by atoms with E-state index in [1.54, 1.807) is 25.1 Å². The second-order valence-electron chi connectivity index (χ2n) is 8.51. The summed E-state index contributed by atoms with van der Waals surface area (Å²) in [6.45, 7) is 3.54. The van der Waals surface area contributed by atoms with E-state index < -0.39 is 0 Å². The first-order valence-electron chi connectivity index (χ1n) is 10.6. The third kappa shape index (κ3) is 5.26. The second-order valence-corrected chi connectivity index (χ2v) is 8.51. The maximum atomic E-state index is 14.0. The number of benzene rings is 1. The Balaban J connectivity index is 1.53. The minimum absolute atomic E-state index is 0.0142. The van der Waals surface area contributed by atoms with Crippen molar-refractivity contribution < 1.29 is 14.0 Å². The summed E-state index contributed by atoms with van der Waals surface area (Å²) in [4.78, 5) is 32.7. The molecule has 0 spiro atoms. The first-order chi connectivity index (χ1) is 13.9. The molecule has 1 atom stereocenters. The maximum Gasteiger partial charge on any atom is 0.319 e. The summed E-state index contributed by atoms with van der Waals surface area (Å²) in [5, 5.41) is 0. The summed E-state index contributed by atoms with van der Waals surface area (Å²) in [5.74, 6) is -0.00839. The Labute approximate surface area is 173 Å². The molecule has 6 nitrogen and oxygen atoms in total. The van der Waals surface area contributed by atoms with Gasteiger partial charge in [-0.05, 0) is 38.3 Å². The van der Waals surface area contributed by atoms with E-state index in [4.69, 9.17) is 0 Å². The Kier molecular flexibility index (Phi) is 7.11. The quantitative estimate of drug-likeness (QED) is 0.775. The molecule has 2 saturated heterocycles. The summed E-state index contributed by atoms with van der Waals surface area (Å²) in [5.41, 5.74) is 0.708. The van der Waals surface area contributed by atoms with Gasteiger partial charge in [-0.3, -0.25) is 9.69 Å². The van der Waals surface area contributed by atoms with Crippen molar-refractivity contribution in [2.75, 3.05) is 47.3 Å². The standard InChI is InChI=1S/C22H33FN4O2/c1-24(2)22(29)27-13-10-17(11-14-27)21(28)25(3)19-8-6-12-26(16-19)15-18-7-4-5-9-20(18)23/h4-5,7,9,17,19H,6,8,10-16H2,1-3H3/t19-/m1/s1. The number of likely N-dealkylation sites (N-methyl/N-ethyl adjacent to an activating group) is 1. The van der Waals surface area contributed by atoms with Crippen LogP contribution in [-0.4, -0.2) is 84.9 Å². The van der Waals surface area contributed by atoms with Gasteiger partial charge in [0.25, 0.3) is 0 Å². The number of carbonyl (C=O) groups is 2. The largest absolute Gasteiger partial charge is 0.341 e. The van der Waals surface area contributed by atoms with Gasteiger partial charge in [0.2, 0.25) is 5.91 Å². The van der Waals surface area contributed by atoms with Gasteiger partial charge in [-0.1, -0.05) is 18.2 Å². The van der Waals surface area contributed by atoms with Crippen molar-refractivity contribution in [1.29, 1.82) is 0 Å². The van der Waals surface area contributed by atoms with E-state index in [0.29, 0.717) is 38.0 Å². The van der Waals surface area contributed by atoms with Crippen LogP contribution in [0.25, 0.3) is 0 Å². The lowest BCUT2D eigenvalue weighted by atomic mass is 9.94. The van der Waals surface area contributed by atoms with Crippen LogP contribution in [0.5, 0.6) is 0 Å². The molecular weight excluding hydrogens is 371 g/mol. The predicted molar refractivity (Wildman–Crippen MR) is 111 cm³/mol. The van der Waals surface area contributed by atoms with Gasteiger partial charge in [-0.15, -0.1) is 0 Å². The normalized spacial score (nSPS) is 21.1. The van der Waals surface area contributed by atoms with Crippen molar-refractivity contribution in [2.24, 2.45) is 5.92 Å². The van der Waals surface area contributed by atoms with Crippen molar-refractivity contribution in [3.63, 3.8) is 0 Å². The molecule has 1 aromatic carbocycles. The molecule has 2 heterocycles. The molecule has 0 N–H and O–H groups in total. The van der Waals surface area contributed by atoms with E-state index in [-0.39, 0.29) is 29.7 Å². The molecule has 0 aliphatic carbocycles. The smallest absolute Gasteiger partial charge is 0.319 e. The van der Waals surface area contributed by atoms with Crippen LogP contribution < -0.4 is 0 Å². The summed E-state index contributed by atoms with van der Waals surface area (Å²) >= 11 is 0. The van der Waals surface area contributed by atoms with Crippen LogP contribution in [0.2, 0.25) is 0 Å². The number of hydrogen-bond acceptors (Lipinski definition) is 3. The average Bonchev–Trinajstić information content (AvgIpc) is 2.74. The molecule has 2 aliphatic rings. The van der Waals surface area contributed by atoms with E-state index in [1.165, 1.54) is 6.07 Å². The van der Waals surface area contributed by atoms with Gasteiger partial charge in [-0.25, -0.2) is 9.18 Å². The monoisotopic (exact) mass is 404 g/mol. The Bertz CT molecular complexity index is 719.